The second-order valence-electron chi connectivity index (χ2n) is 5.13. The first-order valence-corrected chi connectivity index (χ1v) is 7.32. The number of aromatic nitrogens is 2. The summed E-state index contributed by atoms with van der Waals surface area (Å²) in [4.78, 5) is 32.0. The van der Waals surface area contributed by atoms with Crippen LogP contribution in [0.3, 0.4) is 0 Å². The van der Waals surface area contributed by atoms with E-state index in [-0.39, 0.29) is 23.2 Å². The molecule has 2 aromatic rings. The van der Waals surface area contributed by atoms with Crippen LogP contribution < -0.4 is 10.6 Å². The van der Waals surface area contributed by atoms with Crippen LogP contribution in [0.25, 0.3) is 0 Å². The van der Waals surface area contributed by atoms with Crippen molar-refractivity contribution in [2.75, 3.05) is 10.6 Å². The summed E-state index contributed by atoms with van der Waals surface area (Å²) in [7, 11) is 0. The molecule has 3 heterocycles. The van der Waals surface area contributed by atoms with Gasteiger partial charge in [0.15, 0.2) is 0 Å². The minimum absolute atomic E-state index is 0.0591. The normalized spacial score (nSPS) is 16.5. The van der Waals surface area contributed by atoms with Crippen LogP contribution >= 0.6 is 11.6 Å². The van der Waals surface area contributed by atoms with Gasteiger partial charge in [-0.05, 0) is 12.1 Å². The molecule has 1 atom stereocenters. The van der Waals surface area contributed by atoms with Gasteiger partial charge in [-0.2, -0.15) is 0 Å². The van der Waals surface area contributed by atoms with Crippen molar-refractivity contribution < 1.29 is 18.4 Å². The first kappa shape index (κ1) is 16.3. The number of alkyl halides is 2. The van der Waals surface area contributed by atoms with Gasteiger partial charge in [-0.25, -0.2) is 18.7 Å². The molecular weight excluding hydrogens is 342 g/mol. The van der Waals surface area contributed by atoms with Crippen LogP contribution in [0.4, 0.5) is 20.4 Å². The van der Waals surface area contributed by atoms with Gasteiger partial charge in [-0.15, -0.1) is 0 Å². The lowest BCUT2D eigenvalue weighted by atomic mass is 9.92. The van der Waals surface area contributed by atoms with Gasteiger partial charge in [0.1, 0.15) is 11.6 Å². The Morgan fingerprint density at radius 3 is 2.96 bits per heavy atom. The standard InChI is InChI=1S/C15H11ClF2N4O2/c16-10-6-20-11(4-9(10)13(17)18)21-15(24)8-5-12(23)22-14-7(8)2-1-3-19-14/h1-4,6,8,13H,5H2,(H,19,22,23)(H,20,21,24). The molecule has 1 unspecified atom stereocenters. The molecular formula is C15H11ClF2N4O2. The molecule has 9 heteroatoms. The molecule has 0 aliphatic carbocycles. The van der Waals surface area contributed by atoms with E-state index in [1.165, 1.54) is 6.20 Å². The largest absolute Gasteiger partial charge is 0.310 e. The summed E-state index contributed by atoms with van der Waals surface area (Å²) < 4.78 is 25.7. The Morgan fingerprint density at radius 2 is 2.21 bits per heavy atom. The molecule has 0 saturated carbocycles. The van der Waals surface area contributed by atoms with Crippen molar-refractivity contribution in [2.24, 2.45) is 0 Å². The van der Waals surface area contributed by atoms with Crippen LogP contribution in [0.2, 0.25) is 5.02 Å². The number of fused-ring (bicyclic) bond motifs is 1. The third-order valence-corrected chi connectivity index (χ3v) is 3.87. The molecule has 0 spiro atoms. The molecule has 0 aromatic carbocycles. The number of rotatable bonds is 3. The number of hydrogen-bond acceptors (Lipinski definition) is 4. The Morgan fingerprint density at radius 1 is 1.42 bits per heavy atom. The SMILES string of the molecule is O=C1CC(C(=O)Nc2cc(C(F)F)c(Cl)cn2)c2cccnc2N1. The lowest BCUT2D eigenvalue weighted by Gasteiger charge is -2.23. The minimum atomic E-state index is -2.79. The molecule has 6 nitrogen and oxygen atoms in total. The first-order valence-electron chi connectivity index (χ1n) is 6.95. The molecule has 124 valence electrons. The summed E-state index contributed by atoms with van der Waals surface area (Å²) in [5, 5.41) is 4.84. The lowest BCUT2D eigenvalue weighted by molar-refractivity contribution is -0.123. The predicted octanol–water partition coefficient (Wildman–Crippen LogP) is 3.13. The molecule has 0 saturated heterocycles. The van der Waals surface area contributed by atoms with E-state index in [4.69, 9.17) is 11.6 Å². The number of amides is 2. The Labute approximate surface area is 140 Å². The van der Waals surface area contributed by atoms with Crippen LogP contribution in [0.5, 0.6) is 0 Å². The maximum Gasteiger partial charge on any atom is 0.265 e. The number of halogens is 3. The van der Waals surface area contributed by atoms with Crippen molar-refractivity contribution in [3.05, 3.63) is 46.7 Å². The zero-order valence-corrected chi connectivity index (χ0v) is 12.8. The van der Waals surface area contributed by atoms with Crippen LogP contribution in [-0.4, -0.2) is 21.8 Å². The van der Waals surface area contributed by atoms with Gasteiger partial charge in [0.2, 0.25) is 11.8 Å². The fraction of sp³-hybridized carbons (Fsp3) is 0.200. The van der Waals surface area contributed by atoms with Crippen LogP contribution in [0, 0.1) is 0 Å². The van der Waals surface area contributed by atoms with E-state index < -0.39 is 23.8 Å². The van der Waals surface area contributed by atoms with Crippen molar-refractivity contribution in [1.29, 1.82) is 0 Å². The lowest BCUT2D eigenvalue weighted by Crippen LogP contribution is -2.31. The van der Waals surface area contributed by atoms with Gasteiger partial charge < -0.3 is 10.6 Å². The van der Waals surface area contributed by atoms with Crippen molar-refractivity contribution in [3.63, 3.8) is 0 Å². The Hall–Kier alpha value is -2.61. The third-order valence-electron chi connectivity index (χ3n) is 3.55. The van der Waals surface area contributed by atoms with Gasteiger partial charge in [-0.1, -0.05) is 17.7 Å². The number of carbonyl (C=O) groups is 2. The van der Waals surface area contributed by atoms with Crippen molar-refractivity contribution in [2.45, 2.75) is 18.8 Å². The monoisotopic (exact) mass is 352 g/mol. The molecule has 24 heavy (non-hydrogen) atoms. The number of nitrogens with zero attached hydrogens (tertiary/aromatic N) is 2. The zero-order chi connectivity index (χ0) is 17.3. The fourth-order valence-corrected chi connectivity index (χ4v) is 2.60. The Kier molecular flexibility index (Phi) is 4.39. The van der Waals surface area contributed by atoms with Crippen LogP contribution in [0.1, 0.15) is 29.9 Å². The maximum atomic E-state index is 12.9. The van der Waals surface area contributed by atoms with E-state index in [1.54, 1.807) is 12.1 Å². The van der Waals surface area contributed by atoms with Gasteiger partial charge in [-0.3, -0.25) is 9.59 Å². The third kappa shape index (κ3) is 3.18. The predicted molar refractivity (Wildman–Crippen MR) is 83.1 cm³/mol. The zero-order valence-electron chi connectivity index (χ0n) is 12.1. The van der Waals surface area contributed by atoms with E-state index >= 15 is 0 Å². The number of pyridine rings is 2. The van der Waals surface area contributed by atoms with E-state index in [9.17, 15) is 18.4 Å². The first-order chi connectivity index (χ1) is 11.5. The average Bonchev–Trinajstić information content (AvgIpc) is 2.55. The maximum absolute atomic E-state index is 12.9. The molecule has 2 N–H and O–H groups in total. The summed E-state index contributed by atoms with van der Waals surface area (Å²) in [6.07, 6.45) is -0.321. The molecule has 1 aliphatic rings. The molecule has 2 amide bonds. The van der Waals surface area contributed by atoms with Gasteiger partial charge in [0, 0.05) is 29.9 Å². The summed E-state index contributed by atoms with van der Waals surface area (Å²) in [5.41, 5.74) is 0.128. The highest BCUT2D eigenvalue weighted by Crippen LogP contribution is 2.32. The molecule has 0 radical (unpaired) electrons. The molecule has 1 aliphatic heterocycles. The smallest absolute Gasteiger partial charge is 0.265 e. The Bertz CT molecular complexity index is 816. The van der Waals surface area contributed by atoms with E-state index in [2.05, 4.69) is 20.6 Å². The molecule has 0 fully saturated rings. The number of anilines is 2. The molecule has 3 rings (SSSR count). The molecule has 2 aromatic heterocycles. The van der Waals surface area contributed by atoms with Crippen molar-refractivity contribution >= 4 is 35.1 Å². The number of carbonyl (C=O) groups excluding carboxylic acids is 2. The summed E-state index contributed by atoms with van der Waals surface area (Å²) in [5.74, 6) is -1.41. The van der Waals surface area contributed by atoms with E-state index in [0.717, 1.165) is 12.3 Å². The van der Waals surface area contributed by atoms with E-state index in [1.807, 2.05) is 0 Å². The summed E-state index contributed by atoms with van der Waals surface area (Å²) >= 11 is 5.65. The second kappa shape index (κ2) is 6.48. The van der Waals surface area contributed by atoms with Gasteiger partial charge in [0.05, 0.1) is 10.9 Å². The summed E-state index contributed by atoms with van der Waals surface area (Å²) in [6, 6.07) is 4.33. The van der Waals surface area contributed by atoms with Gasteiger partial charge >= 0.3 is 0 Å². The molecule has 0 bridgehead atoms. The minimum Gasteiger partial charge on any atom is -0.310 e. The van der Waals surface area contributed by atoms with Crippen LogP contribution in [-0.2, 0) is 9.59 Å². The van der Waals surface area contributed by atoms with Crippen molar-refractivity contribution in [3.8, 4) is 0 Å². The van der Waals surface area contributed by atoms with Crippen molar-refractivity contribution in [1.82, 2.24) is 9.97 Å². The second-order valence-corrected chi connectivity index (χ2v) is 5.53. The van der Waals surface area contributed by atoms with Gasteiger partial charge in [0.25, 0.3) is 6.43 Å². The highest BCUT2D eigenvalue weighted by Gasteiger charge is 2.31. The topological polar surface area (TPSA) is 84.0 Å². The summed E-state index contributed by atoms with van der Waals surface area (Å²) in [6.45, 7) is 0. The highest BCUT2D eigenvalue weighted by molar-refractivity contribution is 6.31. The highest BCUT2D eigenvalue weighted by atomic mass is 35.5. The number of nitrogens with one attached hydrogen (secondary N) is 2. The Balaban J connectivity index is 1.86. The van der Waals surface area contributed by atoms with E-state index in [0.29, 0.717) is 11.4 Å². The average molecular weight is 353 g/mol. The quantitative estimate of drug-likeness (QED) is 0.888. The number of hydrogen-bond donors (Lipinski definition) is 2. The fourth-order valence-electron chi connectivity index (χ4n) is 2.42. The van der Waals surface area contributed by atoms with Crippen LogP contribution in [0.15, 0.2) is 30.6 Å².